The van der Waals surface area contributed by atoms with Crippen LogP contribution in [0.5, 0.6) is 0 Å². The van der Waals surface area contributed by atoms with Crippen molar-refractivity contribution in [1.82, 2.24) is 9.99 Å². The third kappa shape index (κ3) is 5.04. The second kappa shape index (κ2) is 7.44. The Labute approximate surface area is 123 Å². The van der Waals surface area contributed by atoms with Crippen molar-refractivity contribution in [3.63, 3.8) is 0 Å². The van der Waals surface area contributed by atoms with Crippen LogP contribution < -0.4 is 11.1 Å². The number of rotatable bonds is 8. The molecule has 0 bridgehead atoms. The molecule has 2 amide bonds. The van der Waals surface area contributed by atoms with Gasteiger partial charge in [0.1, 0.15) is 5.54 Å². The Kier molecular flexibility index (Phi) is 6.89. The molecule has 0 rings (SSSR count). The van der Waals surface area contributed by atoms with Gasteiger partial charge in [-0.25, -0.2) is 14.0 Å². The van der Waals surface area contributed by atoms with Crippen molar-refractivity contribution in [2.45, 2.75) is 44.8 Å². The van der Waals surface area contributed by atoms with E-state index in [0.29, 0.717) is 4.67 Å². The Morgan fingerprint density at radius 3 is 2.19 bits per heavy atom. The number of hydrogen-bond acceptors (Lipinski definition) is 6. The van der Waals surface area contributed by atoms with Crippen LogP contribution >= 0.6 is 8.61 Å². The van der Waals surface area contributed by atoms with Crippen LogP contribution in [0.15, 0.2) is 0 Å². The highest BCUT2D eigenvalue weighted by molar-refractivity contribution is 7.22. The summed E-state index contributed by atoms with van der Waals surface area (Å²) in [4.78, 5) is 34.9. The van der Waals surface area contributed by atoms with Crippen LogP contribution in [0, 0.1) is 0 Å². The molecular formula is C11H20N3O6P. The molecule has 10 heteroatoms. The minimum absolute atomic E-state index is 0.0476. The van der Waals surface area contributed by atoms with E-state index < -0.39 is 37.6 Å². The molecule has 0 saturated carbocycles. The van der Waals surface area contributed by atoms with Crippen molar-refractivity contribution in [3.05, 3.63) is 0 Å². The highest BCUT2D eigenvalue weighted by Crippen LogP contribution is 2.25. The molecule has 0 aliphatic heterocycles. The molecule has 0 heterocycles. The predicted molar refractivity (Wildman–Crippen MR) is 73.2 cm³/mol. The van der Waals surface area contributed by atoms with E-state index in [4.69, 9.17) is 15.9 Å². The largest absolute Gasteiger partial charge is 0.479 e. The van der Waals surface area contributed by atoms with E-state index in [1.165, 1.54) is 20.8 Å². The predicted octanol–water partition coefficient (Wildman–Crippen LogP) is -0.551. The number of nitrogens with zero attached hydrogens (tertiary/aromatic N) is 1. The molecule has 0 aromatic carbocycles. The summed E-state index contributed by atoms with van der Waals surface area (Å²) in [5.41, 5.74) is 2.00. The van der Waals surface area contributed by atoms with Crippen molar-refractivity contribution >= 4 is 26.4 Å². The van der Waals surface area contributed by atoms with Gasteiger partial charge in [-0.15, -0.1) is 0 Å². The molecule has 120 valence electrons. The lowest BCUT2D eigenvalue weighted by atomic mass is 10.0. The summed E-state index contributed by atoms with van der Waals surface area (Å²) in [5, 5.41) is 19.9. The van der Waals surface area contributed by atoms with E-state index in [1.54, 1.807) is 0 Å². The SMILES string of the molecule is CC(C)(C(=O)O)N(P=O)C(=O)[C@@](C)(N)NC(=O)CCCO. The number of carboxylic acid groups (broad SMARTS) is 1. The summed E-state index contributed by atoms with van der Waals surface area (Å²) in [5.74, 6) is -2.97. The molecule has 0 aliphatic rings. The molecule has 0 aromatic heterocycles. The fourth-order valence-corrected chi connectivity index (χ4v) is 1.92. The van der Waals surface area contributed by atoms with Crippen LogP contribution in [0.2, 0.25) is 0 Å². The number of carboxylic acids is 1. The number of aliphatic carboxylic acids is 1. The van der Waals surface area contributed by atoms with E-state index >= 15 is 0 Å². The summed E-state index contributed by atoms with van der Waals surface area (Å²) >= 11 is 0. The van der Waals surface area contributed by atoms with Gasteiger partial charge in [0, 0.05) is 13.0 Å². The fourth-order valence-electron chi connectivity index (χ4n) is 1.35. The first kappa shape index (κ1) is 19.4. The van der Waals surface area contributed by atoms with E-state index in [9.17, 15) is 18.9 Å². The zero-order chi connectivity index (χ0) is 16.8. The van der Waals surface area contributed by atoms with Gasteiger partial charge in [-0.1, -0.05) is 0 Å². The second-order valence-electron chi connectivity index (χ2n) is 5.14. The molecule has 9 nitrogen and oxygen atoms in total. The molecule has 0 fully saturated rings. The lowest BCUT2D eigenvalue weighted by Crippen LogP contribution is -2.65. The van der Waals surface area contributed by atoms with E-state index in [0.717, 1.165) is 0 Å². The molecule has 0 saturated heterocycles. The van der Waals surface area contributed by atoms with Crippen molar-refractivity contribution in [2.75, 3.05) is 6.61 Å². The highest BCUT2D eigenvalue weighted by atomic mass is 31.1. The number of hydrogen-bond donors (Lipinski definition) is 4. The average molecular weight is 321 g/mol. The molecule has 0 aliphatic carbocycles. The number of aliphatic hydroxyl groups is 1. The van der Waals surface area contributed by atoms with Gasteiger partial charge in [-0.2, -0.15) is 0 Å². The number of carbonyl (C=O) groups is 3. The first-order chi connectivity index (χ1) is 9.50. The van der Waals surface area contributed by atoms with Gasteiger partial charge in [-0.05, 0) is 27.2 Å². The van der Waals surface area contributed by atoms with E-state index in [-0.39, 0.29) is 19.4 Å². The minimum Gasteiger partial charge on any atom is -0.479 e. The highest BCUT2D eigenvalue weighted by Gasteiger charge is 2.45. The standard InChI is InChI=1S/C11H20N3O6P/c1-10(2,9(18)19)14(21-20)8(17)11(3,12)13-7(16)5-4-6-15/h15H,4-6,12H2,1-3H3,(H,13,16)(H,18,19)/t11-/m0/s1. The topological polar surface area (TPSA) is 150 Å². The number of nitrogens with one attached hydrogen (secondary N) is 1. The van der Waals surface area contributed by atoms with Crippen LogP contribution in [-0.2, 0) is 18.9 Å². The van der Waals surface area contributed by atoms with Crippen molar-refractivity contribution in [3.8, 4) is 0 Å². The van der Waals surface area contributed by atoms with Gasteiger partial charge in [0.15, 0.2) is 5.66 Å². The Balaban J connectivity index is 5.13. The average Bonchev–Trinajstić information content (AvgIpc) is 2.35. The maximum absolute atomic E-state index is 12.2. The van der Waals surface area contributed by atoms with Crippen molar-refractivity contribution in [1.29, 1.82) is 0 Å². The van der Waals surface area contributed by atoms with E-state index in [2.05, 4.69) is 5.32 Å². The second-order valence-corrected chi connectivity index (χ2v) is 5.70. The Hall–Kier alpha value is -1.57. The summed E-state index contributed by atoms with van der Waals surface area (Å²) in [6, 6.07) is 0. The number of amides is 2. The van der Waals surface area contributed by atoms with E-state index in [1.807, 2.05) is 0 Å². The lowest BCUT2D eigenvalue weighted by molar-refractivity contribution is -0.153. The summed E-state index contributed by atoms with van der Waals surface area (Å²) in [6.07, 6.45) is 0.147. The van der Waals surface area contributed by atoms with Gasteiger partial charge in [-0.3, -0.25) is 9.59 Å². The molecule has 0 unspecified atom stereocenters. The molecular weight excluding hydrogens is 301 g/mol. The Bertz CT molecular complexity index is 438. The van der Waals surface area contributed by atoms with Crippen LogP contribution in [0.1, 0.15) is 33.6 Å². The quantitative estimate of drug-likeness (QED) is 0.346. The van der Waals surface area contributed by atoms with Gasteiger partial charge in [0.05, 0.1) is 0 Å². The molecule has 1 atom stereocenters. The molecule has 0 radical (unpaired) electrons. The van der Waals surface area contributed by atoms with Crippen molar-refractivity contribution in [2.24, 2.45) is 5.73 Å². The zero-order valence-corrected chi connectivity index (χ0v) is 13.0. The molecule has 0 spiro atoms. The number of carbonyl (C=O) groups excluding carboxylic acids is 2. The zero-order valence-electron chi connectivity index (χ0n) is 12.1. The molecule has 5 N–H and O–H groups in total. The lowest BCUT2D eigenvalue weighted by Gasteiger charge is -2.35. The maximum Gasteiger partial charge on any atom is 0.329 e. The van der Waals surface area contributed by atoms with Crippen LogP contribution in [-0.4, -0.2) is 50.5 Å². The van der Waals surface area contributed by atoms with Crippen LogP contribution in [0.4, 0.5) is 0 Å². The van der Waals surface area contributed by atoms with Crippen LogP contribution in [0.3, 0.4) is 0 Å². The smallest absolute Gasteiger partial charge is 0.329 e. The molecule has 0 aromatic rings. The first-order valence-corrected chi connectivity index (χ1v) is 6.89. The number of aliphatic hydroxyl groups excluding tert-OH is 1. The van der Waals surface area contributed by atoms with Gasteiger partial charge >= 0.3 is 5.97 Å². The van der Waals surface area contributed by atoms with Gasteiger partial charge in [0.25, 0.3) is 14.5 Å². The monoisotopic (exact) mass is 321 g/mol. The normalized spacial score (nSPS) is 14.3. The fraction of sp³-hybridized carbons (Fsp3) is 0.727. The maximum atomic E-state index is 12.2. The first-order valence-electron chi connectivity index (χ1n) is 6.12. The minimum atomic E-state index is -1.92. The Morgan fingerprint density at radius 1 is 1.29 bits per heavy atom. The van der Waals surface area contributed by atoms with Crippen molar-refractivity contribution < 1.29 is 29.2 Å². The third-order valence-corrected chi connectivity index (χ3v) is 3.58. The molecule has 21 heavy (non-hydrogen) atoms. The van der Waals surface area contributed by atoms with Gasteiger partial charge < -0.3 is 21.3 Å². The third-order valence-electron chi connectivity index (χ3n) is 2.73. The van der Waals surface area contributed by atoms with Gasteiger partial charge in [0.2, 0.25) is 5.91 Å². The van der Waals surface area contributed by atoms with Crippen LogP contribution in [0.25, 0.3) is 0 Å². The summed E-state index contributed by atoms with van der Waals surface area (Å²) in [7, 11) is -0.854. The number of nitrogens with two attached hydrogens (primary N) is 1. The summed E-state index contributed by atoms with van der Waals surface area (Å²) in [6.45, 7) is 3.34. The summed E-state index contributed by atoms with van der Waals surface area (Å²) < 4.78 is 11.7. The Morgan fingerprint density at radius 2 is 1.81 bits per heavy atom.